The van der Waals surface area contributed by atoms with Crippen LogP contribution in [-0.2, 0) is 11.3 Å². The summed E-state index contributed by atoms with van der Waals surface area (Å²) in [4.78, 5) is 4.61. The van der Waals surface area contributed by atoms with Gasteiger partial charge in [0.2, 0.25) is 0 Å². The van der Waals surface area contributed by atoms with Crippen LogP contribution in [0.1, 0.15) is 11.4 Å². The lowest BCUT2D eigenvalue weighted by atomic mass is 10.0. The summed E-state index contributed by atoms with van der Waals surface area (Å²) < 4.78 is 5.22. The summed E-state index contributed by atoms with van der Waals surface area (Å²) in [5.41, 5.74) is 1.44. The van der Waals surface area contributed by atoms with Crippen LogP contribution in [0.5, 0.6) is 0 Å². The summed E-state index contributed by atoms with van der Waals surface area (Å²) in [6.07, 6.45) is 0.702. The van der Waals surface area contributed by atoms with E-state index < -0.39 is 5.60 Å². The summed E-state index contributed by atoms with van der Waals surface area (Å²) >= 11 is 1.64. The van der Waals surface area contributed by atoms with Gasteiger partial charge in [0.15, 0.2) is 0 Å². The van der Waals surface area contributed by atoms with Crippen LogP contribution in [0.3, 0.4) is 0 Å². The smallest absolute Gasteiger partial charge is 0.107 e. The molecule has 2 aromatic rings. The Morgan fingerprint density at radius 2 is 2.20 bits per heavy atom. The molecule has 1 saturated heterocycles. The number of benzene rings is 1. The predicted molar refractivity (Wildman–Crippen MR) is 79.6 cm³/mol. The monoisotopic (exact) mass is 290 g/mol. The van der Waals surface area contributed by atoms with Gasteiger partial charge in [-0.3, -0.25) is 0 Å². The number of nitrogens with zero attached hydrogens (tertiary/aromatic N) is 1. The van der Waals surface area contributed by atoms with E-state index in [1.54, 1.807) is 11.3 Å². The van der Waals surface area contributed by atoms with Crippen LogP contribution >= 0.6 is 11.3 Å². The van der Waals surface area contributed by atoms with Crippen LogP contribution in [0, 0.1) is 0 Å². The second-order valence-corrected chi connectivity index (χ2v) is 6.07. The molecule has 0 bridgehead atoms. The minimum absolute atomic E-state index is 0.424. The Hall–Kier alpha value is -1.27. The molecule has 1 aliphatic rings. The molecule has 0 amide bonds. The van der Waals surface area contributed by atoms with Crippen molar-refractivity contribution >= 4 is 11.3 Å². The van der Waals surface area contributed by atoms with Crippen LogP contribution in [0.4, 0.5) is 0 Å². The van der Waals surface area contributed by atoms with Crippen molar-refractivity contribution in [3.8, 4) is 11.3 Å². The Balaban J connectivity index is 1.55. The second-order valence-electron chi connectivity index (χ2n) is 5.12. The SMILES string of the molecule is OC1(CNCc2nc(-c3ccccc3)cs2)CCOC1. The van der Waals surface area contributed by atoms with Gasteiger partial charge < -0.3 is 15.2 Å². The minimum atomic E-state index is -0.709. The zero-order valence-electron chi connectivity index (χ0n) is 11.2. The standard InChI is InChI=1S/C15H18N2O2S/c18-15(6-7-19-11-15)10-16-8-14-17-13(9-20-14)12-4-2-1-3-5-12/h1-5,9,16,18H,6-8,10-11H2. The van der Waals surface area contributed by atoms with Gasteiger partial charge in [-0.25, -0.2) is 4.98 Å². The maximum Gasteiger partial charge on any atom is 0.107 e. The van der Waals surface area contributed by atoms with Crippen molar-refractivity contribution in [3.05, 3.63) is 40.7 Å². The van der Waals surface area contributed by atoms with Gasteiger partial charge in [0.25, 0.3) is 0 Å². The van der Waals surface area contributed by atoms with Gasteiger partial charge in [-0.15, -0.1) is 11.3 Å². The van der Waals surface area contributed by atoms with Crippen LogP contribution in [0.2, 0.25) is 0 Å². The van der Waals surface area contributed by atoms with Crippen molar-refractivity contribution in [2.45, 2.75) is 18.6 Å². The van der Waals surface area contributed by atoms with Crippen LogP contribution in [-0.4, -0.2) is 35.5 Å². The molecule has 1 unspecified atom stereocenters. The first kappa shape index (κ1) is 13.7. The Morgan fingerprint density at radius 3 is 2.95 bits per heavy atom. The maximum atomic E-state index is 10.1. The maximum absolute atomic E-state index is 10.1. The number of nitrogens with one attached hydrogen (secondary N) is 1. The highest BCUT2D eigenvalue weighted by Crippen LogP contribution is 2.22. The Morgan fingerprint density at radius 1 is 1.35 bits per heavy atom. The third kappa shape index (κ3) is 3.24. The molecule has 0 saturated carbocycles. The molecule has 1 aromatic heterocycles. The lowest BCUT2D eigenvalue weighted by Crippen LogP contribution is -2.40. The highest BCUT2D eigenvalue weighted by Gasteiger charge is 2.31. The van der Waals surface area contributed by atoms with Crippen molar-refractivity contribution in [2.24, 2.45) is 0 Å². The first-order valence-corrected chi connectivity index (χ1v) is 7.64. The first-order chi connectivity index (χ1) is 9.75. The Kier molecular flexibility index (Phi) is 4.12. The topological polar surface area (TPSA) is 54.4 Å². The largest absolute Gasteiger partial charge is 0.386 e. The van der Waals surface area contributed by atoms with Crippen molar-refractivity contribution < 1.29 is 9.84 Å². The third-order valence-corrected chi connectivity index (χ3v) is 4.28. The molecular weight excluding hydrogens is 272 g/mol. The normalized spacial score (nSPS) is 22.2. The zero-order valence-corrected chi connectivity index (χ0v) is 12.0. The van der Waals surface area contributed by atoms with Crippen LogP contribution in [0.25, 0.3) is 11.3 Å². The molecule has 0 spiro atoms. The van der Waals surface area contributed by atoms with E-state index in [4.69, 9.17) is 4.74 Å². The predicted octanol–water partition coefficient (Wildman–Crippen LogP) is 2.05. The fraction of sp³-hybridized carbons (Fsp3) is 0.400. The molecule has 20 heavy (non-hydrogen) atoms. The van der Waals surface area contributed by atoms with Gasteiger partial charge in [-0.2, -0.15) is 0 Å². The van der Waals surface area contributed by atoms with E-state index in [0.29, 0.717) is 32.7 Å². The highest BCUT2D eigenvalue weighted by atomic mass is 32.1. The average molecular weight is 290 g/mol. The van der Waals surface area contributed by atoms with E-state index in [-0.39, 0.29) is 0 Å². The molecule has 106 valence electrons. The van der Waals surface area contributed by atoms with Gasteiger partial charge >= 0.3 is 0 Å². The van der Waals surface area contributed by atoms with E-state index in [9.17, 15) is 5.11 Å². The summed E-state index contributed by atoms with van der Waals surface area (Å²) in [7, 11) is 0. The first-order valence-electron chi connectivity index (χ1n) is 6.76. The third-order valence-electron chi connectivity index (χ3n) is 3.43. The lowest BCUT2D eigenvalue weighted by Gasteiger charge is -2.20. The molecule has 0 radical (unpaired) electrons. The van der Waals surface area contributed by atoms with Gasteiger partial charge in [0.1, 0.15) is 10.6 Å². The molecule has 1 aliphatic heterocycles. The molecule has 4 nitrogen and oxygen atoms in total. The van der Waals surface area contributed by atoms with Crippen LogP contribution < -0.4 is 5.32 Å². The van der Waals surface area contributed by atoms with Crippen LogP contribution in [0.15, 0.2) is 35.7 Å². The lowest BCUT2D eigenvalue weighted by molar-refractivity contribution is 0.0268. The van der Waals surface area contributed by atoms with E-state index in [1.165, 1.54) is 0 Å². The van der Waals surface area contributed by atoms with Gasteiger partial charge in [0, 0.05) is 37.1 Å². The van der Waals surface area contributed by atoms with Gasteiger partial charge in [-0.1, -0.05) is 30.3 Å². The van der Waals surface area contributed by atoms with Crippen molar-refractivity contribution in [2.75, 3.05) is 19.8 Å². The molecule has 2 heterocycles. The molecule has 1 fully saturated rings. The molecular formula is C15H18N2O2S. The number of aromatic nitrogens is 1. The van der Waals surface area contributed by atoms with E-state index in [2.05, 4.69) is 27.8 Å². The number of hydrogen-bond donors (Lipinski definition) is 2. The zero-order chi connectivity index (χ0) is 13.8. The minimum Gasteiger partial charge on any atom is -0.386 e. The molecule has 1 atom stereocenters. The molecule has 5 heteroatoms. The van der Waals surface area contributed by atoms with E-state index >= 15 is 0 Å². The van der Waals surface area contributed by atoms with Crippen molar-refractivity contribution in [1.82, 2.24) is 10.3 Å². The highest BCUT2D eigenvalue weighted by molar-refractivity contribution is 7.09. The second kappa shape index (κ2) is 6.01. The van der Waals surface area contributed by atoms with Gasteiger partial charge in [-0.05, 0) is 0 Å². The average Bonchev–Trinajstić information content (AvgIpc) is 3.10. The Bertz CT molecular complexity index is 550. The fourth-order valence-corrected chi connectivity index (χ4v) is 3.04. The number of thiazole rings is 1. The Labute approximate surface area is 122 Å². The van der Waals surface area contributed by atoms with Gasteiger partial charge in [0.05, 0.1) is 12.3 Å². The fourth-order valence-electron chi connectivity index (χ4n) is 2.27. The molecule has 3 rings (SSSR count). The van der Waals surface area contributed by atoms with Crippen molar-refractivity contribution in [1.29, 1.82) is 0 Å². The number of rotatable bonds is 5. The summed E-state index contributed by atoms with van der Waals surface area (Å²) in [6.45, 7) is 2.30. The number of ether oxygens (including phenoxy) is 1. The van der Waals surface area contributed by atoms with E-state index in [0.717, 1.165) is 16.3 Å². The molecule has 2 N–H and O–H groups in total. The number of aliphatic hydroxyl groups is 1. The number of hydrogen-bond acceptors (Lipinski definition) is 5. The summed E-state index contributed by atoms with van der Waals surface area (Å²) in [6, 6.07) is 10.2. The van der Waals surface area contributed by atoms with Crippen molar-refractivity contribution in [3.63, 3.8) is 0 Å². The summed E-state index contributed by atoms with van der Waals surface area (Å²) in [5, 5.41) is 16.5. The summed E-state index contributed by atoms with van der Waals surface area (Å²) in [5.74, 6) is 0. The van der Waals surface area contributed by atoms with E-state index in [1.807, 2.05) is 18.2 Å². The quantitative estimate of drug-likeness (QED) is 0.885. The molecule has 0 aliphatic carbocycles. The molecule has 1 aromatic carbocycles.